The summed E-state index contributed by atoms with van der Waals surface area (Å²) < 4.78 is 0. The number of fused-ring (bicyclic) bond motifs is 1. The highest BCUT2D eigenvalue weighted by molar-refractivity contribution is 7.13. The SMILES string of the molecule is CC1CN2CCCC2CN1C(=O)c1csc(N)n1. The van der Waals surface area contributed by atoms with Crippen LogP contribution in [0, 0.1) is 0 Å². The average Bonchev–Trinajstić information content (AvgIpc) is 2.95. The third kappa shape index (κ3) is 1.99. The second-order valence-electron chi connectivity index (χ2n) is 5.17. The van der Waals surface area contributed by atoms with Crippen LogP contribution < -0.4 is 5.73 Å². The zero-order valence-electron chi connectivity index (χ0n) is 10.5. The quantitative estimate of drug-likeness (QED) is 0.825. The summed E-state index contributed by atoms with van der Waals surface area (Å²) in [5, 5.41) is 2.22. The summed E-state index contributed by atoms with van der Waals surface area (Å²) in [6, 6.07) is 0.802. The van der Waals surface area contributed by atoms with Gasteiger partial charge in [-0.2, -0.15) is 0 Å². The molecule has 0 spiro atoms. The lowest BCUT2D eigenvalue weighted by Gasteiger charge is -2.42. The maximum Gasteiger partial charge on any atom is 0.273 e. The van der Waals surface area contributed by atoms with Crippen molar-refractivity contribution in [3.63, 3.8) is 0 Å². The van der Waals surface area contributed by atoms with Crippen LogP contribution in [0.15, 0.2) is 5.38 Å². The molecule has 0 saturated carbocycles. The van der Waals surface area contributed by atoms with Crippen molar-refractivity contribution in [2.75, 3.05) is 25.4 Å². The first-order valence-electron chi connectivity index (χ1n) is 6.41. The van der Waals surface area contributed by atoms with Gasteiger partial charge in [-0.3, -0.25) is 9.69 Å². The number of aromatic nitrogens is 1. The molecule has 2 unspecified atom stereocenters. The standard InChI is InChI=1S/C12H18N4OS/c1-8-5-15-4-2-3-9(15)6-16(8)11(17)10-7-18-12(13)14-10/h7-9H,2-6H2,1H3,(H2,13,14). The van der Waals surface area contributed by atoms with Gasteiger partial charge in [0.2, 0.25) is 0 Å². The lowest BCUT2D eigenvalue weighted by molar-refractivity contribution is 0.0391. The Balaban J connectivity index is 1.77. The summed E-state index contributed by atoms with van der Waals surface area (Å²) in [5.41, 5.74) is 6.09. The van der Waals surface area contributed by atoms with Gasteiger partial charge in [0.1, 0.15) is 5.69 Å². The van der Waals surface area contributed by atoms with Gasteiger partial charge >= 0.3 is 0 Å². The fourth-order valence-corrected chi connectivity index (χ4v) is 3.54. The Morgan fingerprint density at radius 1 is 1.56 bits per heavy atom. The number of hydrogen-bond acceptors (Lipinski definition) is 5. The Morgan fingerprint density at radius 2 is 2.39 bits per heavy atom. The van der Waals surface area contributed by atoms with Gasteiger partial charge < -0.3 is 10.6 Å². The highest BCUT2D eigenvalue weighted by Gasteiger charge is 2.37. The van der Waals surface area contributed by atoms with E-state index in [1.165, 1.54) is 30.7 Å². The summed E-state index contributed by atoms with van der Waals surface area (Å²) in [5.74, 6) is 0.0296. The molecule has 2 N–H and O–H groups in total. The molecule has 0 aromatic carbocycles. The molecule has 2 aliphatic heterocycles. The maximum absolute atomic E-state index is 12.4. The number of amides is 1. The highest BCUT2D eigenvalue weighted by Crippen LogP contribution is 2.26. The third-order valence-electron chi connectivity index (χ3n) is 3.94. The van der Waals surface area contributed by atoms with Gasteiger partial charge in [-0.1, -0.05) is 0 Å². The van der Waals surface area contributed by atoms with E-state index < -0.39 is 0 Å². The molecule has 3 rings (SSSR count). The van der Waals surface area contributed by atoms with Crippen molar-refractivity contribution < 1.29 is 4.79 Å². The smallest absolute Gasteiger partial charge is 0.273 e. The van der Waals surface area contributed by atoms with Crippen LogP contribution in [0.5, 0.6) is 0 Å². The number of rotatable bonds is 1. The average molecular weight is 266 g/mol. The summed E-state index contributed by atoms with van der Waals surface area (Å²) in [7, 11) is 0. The predicted molar refractivity (Wildman–Crippen MR) is 71.6 cm³/mol. The number of nitrogens with two attached hydrogens (primary N) is 1. The molecule has 2 saturated heterocycles. The van der Waals surface area contributed by atoms with E-state index in [4.69, 9.17) is 5.73 Å². The van der Waals surface area contributed by atoms with Crippen LogP contribution in [0.1, 0.15) is 30.3 Å². The van der Waals surface area contributed by atoms with Gasteiger partial charge in [-0.15, -0.1) is 11.3 Å². The molecule has 18 heavy (non-hydrogen) atoms. The number of thiazole rings is 1. The van der Waals surface area contributed by atoms with Crippen LogP contribution in [-0.4, -0.2) is 52.4 Å². The monoisotopic (exact) mass is 266 g/mol. The lowest BCUT2D eigenvalue weighted by Crippen LogP contribution is -2.56. The van der Waals surface area contributed by atoms with Crippen LogP contribution >= 0.6 is 11.3 Å². The molecule has 0 bridgehead atoms. The number of anilines is 1. The first-order chi connectivity index (χ1) is 8.65. The van der Waals surface area contributed by atoms with Crippen LogP contribution in [0.2, 0.25) is 0 Å². The van der Waals surface area contributed by atoms with Gasteiger partial charge in [-0.05, 0) is 26.3 Å². The largest absolute Gasteiger partial charge is 0.375 e. The minimum absolute atomic E-state index is 0.0296. The molecule has 98 valence electrons. The Labute approximate surface area is 111 Å². The molecule has 3 heterocycles. The second-order valence-corrected chi connectivity index (χ2v) is 6.06. The zero-order chi connectivity index (χ0) is 12.7. The number of carbonyl (C=O) groups is 1. The second kappa shape index (κ2) is 4.51. The molecule has 1 amide bonds. The third-order valence-corrected chi connectivity index (χ3v) is 4.61. The van der Waals surface area contributed by atoms with E-state index in [-0.39, 0.29) is 11.9 Å². The molecule has 6 heteroatoms. The number of hydrogen-bond donors (Lipinski definition) is 1. The normalized spacial score (nSPS) is 28.4. The number of carbonyl (C=O) groups excluding carboxylic acids is 1. The zero-order valence-corrected chi connectivity index (χ0v) is 11.3. The molecule has 1 aromatic rings. The lowest BCUT2D eigenvalue weighted by atomic mass is 10.1. The van der Waals surface area contributed by atoms with Crippen molar-refractivity contribution in [3.8, 4) is 0 Å². The van der Waals surface area contributed by atoms with Gasteiger partial charge in [-0.25, -0.2) is 4.98 Å². The van der Waals surface area contributed by atoms with Crippen molar-refractivity contribution in [1.82, 2.24) is 14.8 Å². The van der Waals surface area contributed by atoms with Crippen LogP contribution in [-0.2, 0) is 0 Å². The summed E-state index contributed by atoms with van der Waals surface area (Å²) in [6.07, 6.45) is 2.46. The highest BCUT2D eigenvalue weighted by atomic mass is 32.1. The van der Waals surface area contributed by atoms with E-state index >= 15 is 0 Å². The Bertz CT molecular complexity index is 461. The molecule has 5 nitrogen and oxygen atoms in total. The van der Waals surface area contributed by atoms with E-state index in [9.17, 15) is 4.79 Å². The predicted octanol–water partition coefficient (Wildman–Crippen LogP) is 1.03. The van der Waals surface area contributed by atoms with Crippen molar-refractivity contribution in [2.24, 2.45) is 0 Å². The molecule has 2 atom stereocenters. The van der Waals surface area contributed by atoms with Crippen molar-refractivity contribution in [3.05, 3.63) is 11.1 Å². The number of nitrogen functional groups attached to an aromatic ring is 1. The first kappa shape index (κ1) is 11.9. The van der Waals surface area contributed by atoms with Crippen molar-refractivity contribution >= 4 is 22.4 Å². The van der Waals surface area contributed by atoms with E-state index in [1.807, 2.05) is 4.90 Å². The maximum atomic E-state index is 12.4. The summed E-state index contributed by atoms with van der Waals surface area (Å²) in [6.45, 7) is 5.11. The van der Waals surface area contributed by atoms with E-state index in [1.54, 1.807) is 5.38 Å². The Kier molecular flexibility index (Phi) is 2.99. The van der Waals surface area contributed by atoms with Gasteiger partial charge in [0.25, 0.3) is 5.91 Å². The molecule has 2 aliphatic rings. The van der Waals surface area contributed by atoms with Gasteiger partial charge in [0.15, 0.2) is 5.13 Å². The van der Waals surface area contributed by atoms with Crippen LogP contribution in [0.4, 0.5) is 5.13 Å². The Morgan fingerprint density at radius 3 is 3.11 bits per heavy atom. The fourth-order valence-electron chi connectivity index (χ4n) is 3.00. The van der Waals surface area contributed by atoms with Gasteiger partial charge in [0, 0.05) is 30.6 Å². The van der Waals surface area contributed by atoms with Gasteiger partial charge in [0.05, 0.1) is 0 Å². The molecular formula is C12H18N4OS. The van der Waals surface area contributed by atoms with Crippen molar-refractivity contribution in [2.45, 2.75) is 31.8 Å². The van der Waals surface area contributed by atoms with Crippen LogP contribution in [0.25, 0.3) is 0 Å². The molecule has 1 aromatic heterocycles. The molecule has 2 fully saturated rings. The Hall–Kier alpha value is -1.14. The number of nitrogens with zero attached hydrogens (tertiary/aromatic N) is 3. The summed E-state index contributed by atoms with van der Waals surface area (Å²) in [4.78, 5) is 21.0. The molecule has 0 radical (unpaired) electrons. The summed E-state index contributed by atoms with van der Waals surface area (Å²) >= 11 is 1.33. The van der Waals surface area contributed by atoms with E-state index in [2.05, 4.69) is 16.8 Å². The molecular weight excluding hydrogens is 248 g/mol. The molecule has 0 aliphatic carbocycles. The fraction of sp³-hybridized carbons (Fsp3) is 0.667. The number of piperazine rings is 1. The minimum atomic E-state index is 0.0296. The van der Waals surface area contributed by atoms with Crippen molar-refractivity contribution in [1.29, 1.82) is 0 Å². The topological polar surface area (TPSA) is 62.5 Å². The first-order valence-corrected chi connectivity index (χ1v) is 7.29. The van der Waals surface area contributed by atoms with E-state index in [0.717, 1.165) is 13.1 Å². The van der Waals surface area contributed by atoms with Crippen LogP contribution in [0.3, 0.4) is 0 Å². The minimum Gasteiger partial charge on any atom is -0.375 e. The van der Waals surface area contributed by atoms with E-state index in [0.29, 0.717) is 16.9 Å².